The van der Waals surface area contributed by atoms with Crippen LogP contribution in [0.2, 0.25) is 0 Å². The third kappa shape index (κ3) is 5.21. The molecule has 2 nitrogen and oxygen atoms in total. The van der Waals surface area contributed by atoms with E-state index < -0.39 is 0 Å². The van der Waals surface area contributed by atoms with Crippen molar-refractivity contribution in [3.05, 3.63) is 212 Å². The third-order valence-corrected chi connectivity index (χ3v) is 12.0. The first-order valence-electron chi connectivity index (χ1n) is 19.5. The molecule has 11 rings (SSSR count). The Hall–Kier alpha value is -7.03. The Kier molecular flexibility index (Phi) is 7.40. The number of para-hydroxylation sites is 3. The summed E-state index contributed by atoms with van der Waals surface area (Å²) in [5, 5.41) is 7.55. The molecule has 2 aliphatic carbocycles. The van der Waals surface area contributed by atoms with Crippen molar-refractivity contribution in [2.24, 2.45) is 11.3 Å². The molecule has 9 aromatic rings. The molecule has 0 amide bonds. The van der Waals surface area contributed by atoms with E-state index in [-0.39, 0.29) is 5.41 Å². The van der Waals surface area contributed by atoms with Gasteiger partial charge in [-0.2, -0.15) is 0 Å². The fourth-order valence-electron chi connectivity index (χ4n) is 9.12. The maximum atomic E-state index is 5.13. The highest BCUT2D eigenvalue weighted by Gasteiger charge is 2.31. The third-order valence-electron chi connectivity index (χ3n) is 12.0. The first-order chi connectivity index (χ1) is 27.6. The molecule has 2 unspecified atom stereocenters. The van der Waals surface area contributed by atoms with Gasteiger partial charge in [0.1, 0.15) is 5.82 Å². The minimum atomic E-state index is -0.0903. The van der Waals surface area contributed by atoms with Gasteiger partial charge in [0.05, 0.1) is 11.0 Å². The van der Waals surface area contributed by atoms with Gasteiger partial charge in [-0.15, -0.1) is 0 Å². The zero-order valence-corrected chi connectivity index (χ0v) is 31.1. The van der Waals surface area contributed by atoms with Crippen molar-refractivity contribution >= 4 is 48.9 Å². The number of aromatic nitrogens is 2. The zero-order chi connectivity index (χ0) is 37.2. The van der Waals surface area contributed by atoms with Crippen LogP contribution < -0.4 is 0 Å². The summed E-state index contributed by atoms with van der Waals surface area (Å²) in [4.78, 5) is 5.13. The standard InChI is InChI=1S/C54H38N2/c1-54-32-12-11-15-43(54)30-28-42(35-54)52-46-19-8-7-18-45(46)51(41-27-24-36-13-5-6-14-39(36)33-41)47-31-29-40(34-48(47)52)37-22-25-38(26-23-37)53-55-49-20-9-10-21-50(49)56(53)44-16-3-2-4-17-44/h2-35,43H,1H3. The average Bonchev–Trinajstić information content (AvgIpc) is 3.65. The Morgan fingerprint density at radius 2 is 1.20 bits per heavy atom. The van der Waals surface area contributed by atoms with Crippen LogP contribution in [0, 0.1) is 11.3 Å². The van der Waals surface area contributed by atoms with Crippen molar-refractivity contribution < 1.29 is 0 Å². The Balaban J connectivity index is 1.12. The SMILES string of the molecule is CC12C=CC=CC1C=CC(c1c3ccccc3c(-c3ccc4ccccc4c3)c3ccc(-c4ccc(-c5nc6ccccc6n5-c5ccccc5)cc4)cc13)=C2. The lowest BCUT2D eigenvalue weighted by molar-refractivity contribution is 0.454. The number of imidazole rings is 1. The van der Waals surface area contributed by atoms with E-state index in [0.29, 0.717) is 5.92 Å². The summed E-state index contributed by atoms with van der Waals surface area (Å²) in [7, 11) is 0. The van der Waals surface area contributed by atoms with Crippen LogP contribution in [0.1, 0.15) is 12.5 Å². The highest BCUT2D eigenvalue weighted by Crippen LogP contribution is 2.48. The first kappa shape index (κ1) is 32.4. The fourth-order valence-corrected chi connectivity index (χ4v) is 9.12. The molecule has 1 aromatic heterocycles. The van der Waals surface area contributed by atoms with Gasteiger partial charge in [0.2, 0.25) is 0 Å². The Bertz CT molecular complexity index is 3140. The molecule has 2 heteroatoms. The number of nitrogens with zero attached hydrogens (tertiary/aromatic N) is 2. The molecular weight excluding hydrogens is 677 g/mol. The Morgan fingerprint density at radius 3 is 2.05 bits per heavy atom. The molecule has 2 atom stereocenters. The lowest BCUT2D eigenvalue weighted by Gasteiger charge is -2.34. The van der Waals surface area contributed by atoms with Crippen LogP contribution in [-0.2, 0) is 0 Å². The van der Waals surface area contributed by atoms with Crippen LogP contribution in [0.4, 0.5) is 0 Å². The van der Waals surface area contributed by atoms with E-state index in [1.165, 1.54) is 65.7 Å². The van der Waals surface area contributed by atoms with E-state index >= 15 is 0 Å². The number of allylic oxidation sites excluding steroid dienone is 8. The van der Waals surface area contributed by atoms with E-state index in [4.69, 9.17) is 4.98 Å². The van der Waals surface area contributed by atoms with Gasteiger partial charge >= 0.3 is 0 Å². The van der Waals surface area contributed by atoms with Crippen LogP contribution in [0.5, 0.6) is 0 Å². The van der Waals surface area contributed by atoms with E-state index in [2.05, 4.69) is 218 Å². The van der Waals surface area contributed by atoms with Gasteiger partial charge in [0, 0.05) is 22.6 Å². The van der Waals surface area contributed by atoms with Crippen molar-refractivity contribution in [1.82, 2.24) is 9.55 Å². The molecule has 0 spiro atoms. The average molecular weight is 715 g/mol. The minimum Gasteiger partial charge on any atom is -0.292 e. The molecule has 0 saturated heterocycles. The lowest BCUT2D eigenvalue weighted by atomic mass is 9.69. The molecule has 0 fully saturated rings. The molecular formula is C54H38N2. The van der Waals surface area contributed by atoms with Crippen LogP contribution in [0.15, 0.2) is 206 Å². The zero-order valence-electron chi connectivity index (χ0n) is 31.1. The summed E-state index contributed by atoms with van der Waals surface area (Å²) < 4.78 is 2.26. The van der Waals surface area contributed by atoms with Crippen molar-refractivity contribution in [2.75, 3.05) is 0 Å². The molecule has 1 heterocycles. The topological polar surface area (TPSA) is 17.8 Å². The number of fused-ring (bicyclic) bond motifs is 5. The van der Waals surface area contributed by atoms with E-state index in [1.807, 2.05) is 0 Å². The second-order valence-corrected chi connectivity index (χ2v) is 15.4. The number of benzene rings is 8. The summed E-state index contributed by atoms with van der Waals surface area (Å²) in [5.41, 5.74) is 11.6. The molecule has 264 valence electrons. The number of hydrogen-bond acceptors (Lipinski definition) is 1. The van der Waals surface area contributed by atoms with Crippen molar-refractivity contribution in [1.29, 1.82) is 0 Å². The van der Waals surface area contributed by atoms with Crippen molar-refractivity contribution in [3.8, 4) is 39.3 Å². The largest absolute Gasteiger partial charge is 0.292 e. The van der Waals surface area contributed by atoms with Gasteiger partial charge < -0.3 is 0 Å². The van der Waals surface area contributed by atoms with Crippen LogP contribution in [-0.4, -0.2) is 9.55 Å². The summed E-state index contributed by atoms with van der Waals surface area (Å²) in [6.07, 6.45) is 16.3. The highest BCUT2D eigenvalue weighted by atomic mass is 15.1. The maximum absolute atomic E-state index is 5.13. The van der Waals surface area contributed by atoms with E-state index in [1.54, 1.807) is 0 Å². The van der Waals surface area contributed by atoms with Gasteiger partial charge in [-0.25, -0.2) is 4.98 Å². The predicted molar refractivity (Wildman–Crippen MR) is 237 cm³/mol. The van der Waals surface area contributed by atoms with E-state index in [0.717, 1.165) is 28.1 Å². The van der Waals surface area contributed by atoms with Crippen molar-refractivity contribution in [3.63, 3.8) is 0 Å². The second-order valence-electron chi connectivity index (χ2n) is 15.4. The van der Waals surface area contributed by atoms with Crippen LogP contribution in [0.3, 0.4) is 0 Å². The monoisotopic (exact) mass is 714 g/mol. The summed E-state index contributed by atoms with van der Waals surface area (Å²) in [5.74, 6) is 1.28. The molecule has 0 aliphatic heterocycles. The number of rotatable bonds is 5. The Morgan fingerprint density at radius 1 is 0.518 bits per heavy atom. The summed E-state index contributed by atoms with van der Waals surface area (Å²) in [6.45, 7) is 2.36. The fraction of sp³-hybridized carbons (Fsp3) is 0.0556. The van der Waals surface area contributed by atoms with Crippen LogP contribution in [0.25, 0.3) is 88.3 Å². The predicted octanol–water partition coefficient (Wildman–Crippen LogP) is 14.2. The number of hydrogen-bond donors (Lipinski definition) is 0. The summed E-state index contributed by atoms with van der Waals surface area (Å²) >= 11 is 0. The maximum Gasteiger partial charge on any atom is 0.145 e. The van der Waals surface area contributed by atoms with Crippen LogP contribution >= 0.6 is 0 Å². The van der Waals surface area contributed by atoms with Gasteiger partial charge in [-0.1, -0.05) is 177 Å². The molecule has 0 saturated carbocycles. The molecule has 8 aromatic carbocycles. The minimum absolute atomic E-state index is 0.0903. The molecule has 0 radical (unpaired) electrons. The second kappa shape index (κ2) is 12.8. The lowest BCUT2D eigenvalue weighted by Crippen LogP contribution is -2.24. The normalized spacial score (nSPS) is 17.5. The van der Waals surface area contributed by atoms with Gasteiger partial charge in [-0.05, 0) is 102 Å². The van der Waals surface area contributed by atoms with Gasteiger partial charge in [0.15, 0.2) is 0 Å². The highest BCUT2D eigenvalue weighted by molar-refractivity contribution is 6.20. The van der Waals surface area contributed by atoms with Gasteiger partial charge in [0.25, 0.3) is 0 Å². The molecule has 0 bridgehead atoms. The molecule has 2 aliphatic rings. The van der Waals surface area contributed by atoms with Crippen molar-refractivity contribution in [2.45, 2.75) is 6.92 Å². The van der Waals surface area contributed by atoms with E-state index in [9.17, 15) is 0 Å². The smallest absolute Gasteiger partial charge is 0.145 e. The quantitative estimate of drug-likeness (QED) is 0.162. The Labute approximate surface area is 326 Å². The first-order valence-corrected chi connectivity index (χ1v) is 19.5. The molecule has 0 N–H and O–H groups in total. The summed E-state index contributed by atoms with van der Waals surface area (Å²) in [6, 6.07) is 59.5. The van der Waals surface area contributed by atoms with Gasteiger partial charge in [-0.3, -0.25) is 4.57 Å². The molecule has 56 heavy (non-hydrogen) atoms.